The van der Waals surface area contributed by atoms with E-state index in [1.807, 2.05) is 13.8 Å². The molecule has 2 unspecified atom stereocenters. The number of rotatable bonds is 6. The predicted molar refractivity (Wildman–Crippen MR) is 70.1 cm³/mol. The fourth-order valence-corrected chi connectivity index (χ4v) is 3.05. The second-order valence-electron chi connectivity index (χ2n) is 5.69. The van der Waals surface area contributed by atoms with Crippen LogP contribution in [0, 0.1) is 11.3 Å². The molecule has 1 aliphatic rings. The van der Waals surface area contributed by atoms with Crippen molar-refractivity contribution in [2.24, 2.45) is 11.3 Å². The monoisotopic (exact) mass is 241 g/mol. The molecule has 1 N–H and O–H groups in total. The summed E-state index contributed by atoms with van der Waals surface area (Å²) in [4.78, 5) is 14.0. The molecule has 1 fully saturated rings. The van der Waals surface area contributed by atoms with Gasteiger partial charge in [0, 0.05) is 12.6 Å². The van der Waals surface area contributed by atoms with Gasteiger partial charge in [-0.05, 0) is 31.7 Å². The van der Waals surface area contributed by atoms with Gasteiger partial charge in [-0.3, -0.25) is 9.69 Å². The highest BCUT2D eigenvalue weighted by Crippen LogP contribution is 2.39. The van der Waals surface area contributed by atoms with E-state index in [0.717, 1.165) is 25.9 Å². The highest BCUT2D eigenvalue weighted by Gasteiger charge is 2.48. The van der Waals surface area contributed by atoms with Crippen LogP contribution in [0.4, 0.5) is 0 Å². The average molecular weight is 241 g/mol. The molecular weight excluding hydrogens is 214 g/mol. The minimum absolute atomic E-state index is 0.212. The van der Waals surface area contributed by atoms with Crippen LogP contribution in [0.5, 0.6) is 0 Å². The van der Waals surface area contributed by atoms with Gasteiger partial charge < -0.3 is 5.11 Å². The summed E-state index contributed by atoms with van der Waals surface area (Å²) in [7, 11) is 0. The second-order valence-corrected chi connectivity index (χ2v) is 5.69. The lowest BCUT2D eigenvalue weighted by Crippen LogP contribution is -2.41. The number of carbonyl (C=O) groups is 1. The molecule has 0 spiro atoms. The Morgan fingerprint density at radius 3 is 2.41 bits per heavy atom. The molecule has 1 rings (SSSR count). The first-order valence-corrected chi connectivity index (χ1v) is 6.95. The van der Waals surface area contributed by atoms with Crippen molar-refractivity contribution in [1.82, 2.24) is 4.90 Å². The molecule has 2 atom stereocenters. The molecule has 0 saturated carbocycles. The van der Waals surface area contributed by atoms with Gasteiger partial charge in [-0.15, -0.1) is 0 Å². The normalized spacial score (nSPS) is 27.6. The van der Waals surface area contributed by atoms with Crippen LogP contribution in [0.25, 0.3) is 0 Å². The molecule has 1 aliphatic heterocycles. The van der Waals surface area contributed by atoms with Gasteiger partial charge in [-0.1, -0.05) is 34.1 Å². The topological polar surface area (TPSA) is 40.5 Å². The van der Waals surface area contributed by atoms with Crippen LogP contribution in [-0.4, -0.2) is 35.1 Å². The zero-order valence-corrected chi connectivity index (χ0v) is 11.7. The fraction of sp³-hybridized carbons (Fsp3) is 0.929. The van der Waals surface area contributed by atoms with Crippen molar-refractivity contribution in [3.63, 3.8) is 0 Å². The van der Waals surface area contributed by atoms with Gasteiger partial charge in [0.15, 0.2) is 0 Å². The van der Waals surface area contributed by atoms with Crippen LogP contribution in [0.1, 0.15) is 53.4 Å². The third kappa shape index (κ3) is 2.82. The summed E-state index contributed by atoms with van der Waals surface area (Å²) in [5, 5.41) is 9.51. The lowest BCUT2D eigenvalue weighted by atomic mass is 9.76. The molecule has 0 aromatic heterocycles. The van der Waals surface area contributed by atoms with Gasteiger partial charge >= 0.3 is 5.97 Å². The van der Waals surface area contributed by atoms with Crippen molar-refractivity contribution in [2.45, 2.75) is 59.4 Å². The molecule has 0 aromatic rings. The van der Waals surface area contributed by atoms with E-state index in [2.05, 4.69) is 18.7 Å². The van der Waals surface area contributed by atoms with E-state index in [1.54, 1.807) is 0 Å². The van der Waals surface area contributed by atoms with Gasteiger partial charge in [0.1, 0.15) is 0 Å². The summed E-state index contributed by atoms with van der Waals surface area (Å²) in [5.74, 6) is -0.398. The highest BCUT2D eigenvalue weighted by molar-refractivity contribution is 5.75. The molecule has 100 valence electrons. The largest absolute Gasteiger partial charge is 0.481 e. The Morgan fingerprint density at radius 1 is 1.41 bits per heavy atom. The number of aliphatic carboxylic acids is 1. The fourth-order valence-electron chi connectivity index (χ4n) is 3.05. The SMILES string of the molecule is CCCC(CC)N1CCC(C(=O)O)(C(C)C)C1. The summed E-state index contributed by atoms with van der Waals surface area (Å²) in [6, 6.07) is 0.569. The van der Waals surface area contributed by atoms with Crippen LogP contribution < -0.4 is 0 Å². The van der Waals surface area contributed by atoms with E-state index in [4.69, 9.17) is 0 Å². The molecule has 0 aliphatic carbocycles. The first kappa shape index (κ1) is 14.5. The maximum Gasteiger partial charge on any atom is 0.311 e. The Kier molecular flexibility index (Phi) is 4.99. The standard InChI is InChI=1S/C14H27NO2/c1-5-7-12(6-2)15-9-8-14(10-15,11(3)4)13(16)17/h11-12H,5-10H2,1-4H3,(H,16,17). The maximum atomic E-state index is 11.6. The van der Waals surface area contributed by atoms with Crippen molar-refractivity contribution in [3.05, 3.63) is 0 Å². The molecular formula is C14H27NO2. The number of likely N-dealkylation sites (tertiary alicyclic amines) is 1. The summed E-state index contributed by atoms with van der Waals surface area (Å²) in [6.45, 7) is 10.2. The molecule has 0 amide bonds. The van der Waals surface area contributed by atoms with Gasteiger partial charge in [0.25, 0.3) is 0 Å². The first-order valence-electron chi connectivity index (χ1n) is 6.95. The number of hydrogen-bond donors (Lipinski definition) is 1. The molecule has 1 heterocycles. The van der Waals surface area contributed by atoms with E-state index < -0.39 is 11.4 Å². The van der Waals surface area contributed by atoms with E-state index >= 15 is 0 Å². The van der Waals surface area contributed by atoms with Crippen LogP contribution >= 0.6 is 0 Å². The Labute approximate surface area is 105 Å². The predicted octanol–water partition coefficient (Wildman–Crippen LogP) is 3.00. The smallest absolute Gasteiger partial charge is 0.311 e. The molecule has 3 nitrogen and oxygen atoms in total. The first-order chi connectivity index (χ1) is 7.97. The zero-order chi connectivity index (χ0) is 13.1. The van der Waals surface area contributed by atoms with E-state index in [1.165, 1.54) is 12.8 Å². The lowest BCUT2D eigenvalue weighted by molar-refractivity contribution is -0.151. The van der Waals surface area contributed by atoms with Crippen molar-refractivity contribution < 1.29 is 9.90 Å². The molecule has 0 aromatic carbocycles. The van der Waals surface area contributed by atoms with Crippen LogP contribution in [0.3, 0.4) is 0 Å². The zero-order valence-electron chi connectivity index (χ0n) is 11.7. The molecule has 0 radical (unpaired) electrons. The number of carboxylic acid groups (broad SMARTS) is 1. The summed E-state index contributed by atoms with van der Waals surface area (Å²) in [6.07, 6.45) is 4.29. The van der Waals surface area contributed by atoms with E-state index in [9.17, 15) is 9.90 Å². The Hall–Kier alpha value is -0.570. The third-order valence-corrected chi connectivity index (χ3v) is 4.47. The minimum Gasteiger partial charge on any atom is -0.481 e. The Morgan fingerprint density at radius 2 is 2.06 bits per heavy atom. The van der Waals surface area contributed by atoms with Gasteiger partial charge in [-0.2, -0.15) is 0 Å². The van der Waals surface area contributed by atoms with Gasteiger partial charge in [-0.25, -0.2) is 0 Å². The van der Waals surface area contributed by atoms with Crippen molar-refractivity contribution in [3.8, 4) is 0 Å². The van der Waals surface area contributed by atoms with Crippen LogP contribution in [-0.2, 0) is 4.79 Å². The lowest BCUT2D eigenvalue weighted by Gasteiger charge is -2.31. The quantitative estimate of drug-likeness (QED) is 0.777. The Bertz CT molecular complexity index is 265. The third-order valence-electron chi connectivity index (χ3n) is 4.47. The second kappa shape index (κ2) is 5.85. The van der Waals surface area contributed by atoms with E-state index in [0.29, 0.717) is 6.04 Å². The summed E-state index contributed by atoms with van der Waals surface area (Å²) in [5.41, 5.74) is -0.513. The molecule has 1 saturated heterocycles. The average Bonchev–Trinajstić information content (AvgIpc) is 2.71. The number of hydrogen-bond acceptors (Lipinski definition) is 2. The van der Waals surface area contributed by atoms with Crippen molar-refractivity contribution in [1.29, 1.82) is 0 Å². The number of nitrogens with zero attached hydrogens (tertiary/aromatic N) is 1. The highest BCUT2D eigenvalue weighted by atomic mass is 16.4. The summed E-state index contributed by atoms with van der Waals surface area (Å²) < 4.78 is 0. The number of carboxylic acids is 1. The molecule has 0 bridgehead atoms. The van der Waals surface area contributed by atoms with Crippen molar-refractivity contribution >= 4 is 5.97 Å². The Balaban J connectivity index is 2.75. The van der Waals surface area contributed by atoms with Crippen LogP contribution in [0.2, 0.25) is 0 Å². The van der Waals surface area contributed by atoms with E-state index in [-0.39, 0.29) is 5.92 Å². The minimum atomic E-state index is -0.610. The summed E-state index contributed by atoms with van der Waals surface area (Å²) >= 11 is 0. The molecule has 17 heavy (non-hydrogen) atoms. The molecule has 3 heteroatoms. The van der Waals surface area contributed by atoms with Crippen molar-refractivity contribution in [2.75, 3.05) is 13.1 Å². The van der Waals surface area contributed by atoms with Gasteiger partial charge in [0.05, 0.1) is 5.41 Å². The van der Waals surface area contributed by atoms with Crippen LogP contribution in [0.15, 0.2) is 0 Å². The van der Waals surface area contributed by atoms with Gasteiger partial charge in [0.2, 0.25) is 0 Å². The maximum absolute atomic E-state index is 11.6.